The lowest BCUT2D eigenvalue weighted by Crippen LogP contribution is -2.60. The van der Waals surface area contributed by atoms with Gasteiger partial charge in [-0.25, -0.2) is 0 Å². The predicted octanol–water partition coefficient (Wildman–Crippen LogP) is 5.38. The number of carbonyl (C=O) groups is 1. The summed E-state index contributed by atoms with van der Waals surface area (Å²) in [6, 6.07) is 12.6. The zero-order valence-corrected chi connectivity index (χ0v) is 18.8. The van der Waals surface area contributed by atoms with Crippen molar-refractivity contribution in [3.05, 3.63) is 58.1 Å². The number of hydrogen-bond acceptors (Lipinski definition) is 4. The Morgan fingerprint density at radius 2 is 1.83 bits per heavy atom. The van der Waals surface area contributed by atoms with E-state index in [1.807, 2.05) is 12.1 Å². The van der Waals surface area contributed by atoms with Crippen LogP contribution in [0.1, 0.15) is 55.7 Å². The second-order valence-corrected chi connectivity index (χ2v) is 8.83. The number of halogens is 1. The number of fused-ring (bicyclic) bond motifs is 3. The van der Waals surface area contributed by atoms with E-state index >= 15 is 0 Å². The molecule has 0 amide bonds. The summed E-state index contributed by atoms with van der Waals surface area (Å²) >= 11 is 6.22. The predicted molar refractivity (Wildman–Crippen MR) is 120 cm³/mol. The fourth-order valence-electron chi connectivity index (χ4n) is 5.34. The Hall–Kier alpha value is -2.04. The third kappa shape index (κ3) is 3.50. The summed E-state index contributed by atoms with van der Waals surface area (Å²) in [4.78, 5) is 15.4. The van der Waals surface area contributed by atoms with Crippen molar-refractivity contribution >= 4 is 17.4 Å². The van der Waals surface area contributed by atoms with Crippen LogP contribution in [0.3, 0.4) is 0 Å². The first-order valence-electron chi connectivity index (χ1n) is 10.8. The number of ether oxygens (including phenoxy) is 2. The minimum absolute atomic E-state index is 0.304. The smallest absolute Gasteiger partial charge is 0.161 e. The van der Waals surface area contributed by atoms with E-state index in [0.29, 0.717) is 35.4 Å². The monoisotopic (exact) mass is 427 g/mol. The fraction of sp³-hybridized carbons (Fsp3) is 0.480. The highest BCUT2D eigenvalue weighted by Gasteiger charge is 2.51. The van der Waals surface area contributed by atoms with Crippen LogP contribution in [-0.2, 0) is 16.8 Å². The van der Waals surface area contributed by atoms with Gasteiger partial charge in [0.25, 0.3) is 0 Å². The molecule has 0 bridgehead atoms. The average molecular weight is 428 g/mol. The number of Topliss-reactive ketones (excluding diaryl/α,β-unsaturated/α-hetero) is 1. The van der Waals surface area contributed by atoms with E-state index in [1.54, 1.807) is 14.2 Å². The maximum Gasteiger partial charge on any atom is 0.161 e. The molecule has 2 unspecified atom stereocenters. The minimum Gasteiger partial charge on any atom is -0.493 e. The molecule has 2 atom stereocenters. The van der Waals surface area contributed by atoms with Crippen molar-refractivity contribution in [3.63, 3.8) is 0 Å². The third-order valence-electron chi connectivity index (χ3n) is 6.74. The molecule has 5 heteroatoms. The Labute approximate surface area is 184 Å². The van der Waals surface area contributed by atoms with Gasteiger partial charge in [0.15, 0.2) is 11.5 Å². The van der Waals surface area contributed by atoms with Crippen LogP contribution in [-0.4, -0.2) is 37.5 Å². The molecule has 160 valence electrons. The van der Waals surface area contributed by atoms with Gasteiger partial charge in [0.05, 0.1) is 19.8 Å². The number of benzene rings is 2. The van der Waals surface area contributed by atoms with Gasteiger partial charge in [-0.1, -0.05) is 43.5 Å². The molecule has 0 radical (unpaired) electrons. The number of rotatable bonds is 6. The number of carbonyl (C=O) groups excluding carboxylic acids is 1. The molecule has 4 nitrogen and oxygen atoms in total. The van der Waals surface area contributed by atoms with Crippen molar-refractivity contribution < 1.29 is 14.3 Å². The quantitative estimate of drug-likeness (QED) is 0.620. The average Bonchev–Trinajstić information content (AvgIpc) is 2.76. The molecule has 1 saturated heterocycles. The first kappa shape index (κ1) is 21.2. The van der Waals surface area contributed by atoms with Gasteiger partial charge in [-0.05, 0) is 53.8 Å². The Kier molecular flexibility index (Phi) is 6.08. The van der Waals surface area contributed by atoms with Crippen LogP contribution < -0.4 is 9.47 Å². The topological polar surface area (TPSA) is 38.8 Å². The number of nitrogens with zero attached hydrogens (tertiary/aromatic N) is 1. The summed E-state index contributed by atoms with van der Waals surface area (Å²) in [6.07, 6.45) is 5.50. The van der Waals surface area contributed by atoms with Crippen LogP contribution in [0.15, 0.2) is 36.4 Å². The Morgan fingerprint density at radius 1 is 1.13 bits per heavy atom. The lowest BCUT2D eigenvalue weighted by atomic mass is 9.68. The molecule has 30 heavy (non-hydrogen) atoms. The zero-order valence-electron chi connectivity index (χ0n) is 18.0. The first-order valence-corrected chi connectivity index (χ1v) is 11.2. The second kappa shape index (κ2) is 8.60. The standard InChI is InChI=1S/C25H30ClNO3/c1-4-5-6-20-13-17-14-23(29-2)24(30-3)15-22(17)25(16-21(28)11-12-27(20)25)18-7-9-19(26)10-8-18/h7-10,14-15,20H,4-6,11-13,16H2,1-3H3. The molecule has 2 aliphatic rings. The van der Waals surface area contributed by atoms with Crippen molar-refractivity contribution in [1.29, 1.82) is 0 Å². The fourth-order valence-corrected chi connectivity index (χ4v) is 5.47. The normalized spacial score (nSPS) is 23.6. The molecule has 2 aromatic rings. The van der Waals surface area contributed by atoms with Gasteiger partial charge < -0.3 is 9.47 Å². The molecule has 0 aromatic heterocycles. The maximum absolute atomic E-state index is 12.9. The van der Waals surface area contributed by atoms with Crippen molar-refractivity contribution in [2.75, 3.05) is 20.8 Å². The summed E-state index contributed by atoms with van der Waals surface area (Å²) in [6.45, 7) is 3.01. The van der Waals surface area contributed by atoms with Gasteiger partial charge in [-0.2, -0.15) is 0 Å². The molecule has 1 fully saturated rings. The van der Waals surface area contributed by atoms with Crippen molar-refractivity contribution in [1.82, 2.24) is 4.90 Å². The lowest BCUT2D eigenvalue weighted by molar-refractivity contribution is -0.127. The largest absolute Gasteiger partial charge is 0.493 e. The molecular formula is C25H30ClNO3. The lowest BCUT2D eigenvalue weighted by Gasteiger charge is -2.55. The van der Waals surface area contributed by atoms with Gasteiger partial charge >= 0.3 is 0 Å². The van der Waals surface area contributed by atoms with Crippen LogP contribution in [0.5, 0.6) is 11.5 Å². The van der Waals surface area contributed by atoms with Crippen LogP contribution in [0.25, 0.3) is 0 Å². The van der Waals surface area contributed by atoms with E-state index in [9.17, 15) is 4.79 Å². The van der Waals surface area contributed by atoms with Gasteiger partial charge in [0.2, 0.25) is 0 Å². The second-order valence-electron chi connectivity index (χ2n) is 8.39. The number of piperidine rings is 1. The molecule has 2 aromatic carbocycles. The SMILES string of the molecule is CCCCC1Cc2cc(OC)c(OC)cc2C2(c3ccc(Cl)cc3)CC(=O)CCN12. The van der Waals surface area contributed by atoms with Gasteiger partial charge in [-0.15, -0.1) is 0 Å². The van der Waals surface area contributed by atoms with Crippen LogP contribution >= 0.6 is 11.6 Å². The molecule has 0 spiro atoms. The summed E-state index contributed by atoms with van der Waals surface area (Å²) in [5.41, 5.74) is 3.03. The molecule has 2 aliphatic heterocycles. The van der Waals surface area contributed by atoms with E-state index in [0.717, 1.165) is 42.7 Å². The third-order valence-corrected chi connectivity index (χ3v) is 6.99. The Bertz CT molecular complexity index is 927. The summed E-state index contributed by atoms with van der Waals surface area (Å²) in [7, 11) is 3.34. The highest BCUT2D eigenvalue weighted by Crippen LogP contribution is 2.51. The molecule has 2 heterocycles. The van der Waals surface area contributed by atoms with E-state index in [2.05, 4.69) is 36.1 Å². The van der Waals surface area contributed by atoms with E-state index in [4.69, 9.17) is 21.1 Å². The minimum atomic E-state index is -0.495. The Balaban J connectivity index is 1.97. The van der Waals surface area contributed by atoms with E-state index in [1.165, 1.54) is 12.0 Å². The van der Waals surface area contributed by atoms with Crippen molar-refractivity contribution in [2.45, 2.75) is 57.0 Å². The Morgan fingerprint density at radius 3 is 2.50 bits per heavy atom. The number of ketones is 1. The van der Waals surface area contributed by atoms with E-state index in [-0.39, 0.29) is 0 Å². The number of hydrogen-bond donors (Lipinski definition) is 0. The van der Waals surface area contributed by atoms with Crippen LogP contribution in [0.2, 0.25) is 5.02 Å². The van der Waals surface area contributed by atoms with Crippen molar-refractivity contribution in [2.24, 2.45) is 0 Å². The summed E-state index contributed by atoms with van der Waals surface area (Å²) in [5, 5.41) is 0.703. The van der Waals surface area contributed by atoms with Gasteiger partial charge in [0.1, 0.15) is 5.78 Å². The zero-order chi connectivity index (χ0) is 21.3. The van der Waals surface area contributed by atoms with E-state index < -0.39 is 5.54 Å². The molecular weight excluding hydrogens is 398 g/mol. The molecule has 0 N–H and O–H groups in total. The highest BCUT2D eigenvalue weighted by molar-refractivity contribution is 6.30. The van der Waals surface area contributed by atoms with Crippen LogP contribution in [0, 0.1) is 0 Å². The van der Waals surface area contributed by atoms with Gasteiger partial charge in [-0.3, -0.25) is 9.69 Å². The number of methoxy groups -OCH3 is 2. The summed E-state index contributed by atoms with van der Waals surface area (Å²) < 4.78 is 11.3. The van der Waals surface area contributed by atoms with Gasteiger partial charge in [0, 0.05) is 30.5 Å². The highest BCUT2D eigenvalue weighted by atomic mass is 35.5. The maximum atomic E-state index is 12.9. The van der Waals surface area contributed by atoms with Crippen LogP contribution in [0.4, 0.5) is 0 Å². The first-order chi connectivity index (χ1) is 14.5. The molecule has 0 aliphatic carbocycles. The molecule has 0 saturated carbocycles. The van der Waals surface area contributed by atoms with Crippen molar-refractivity contribution in [3.8, 4) is 11.5 Å². The number of unbranched alkanes of at least 4 members (excludes halogenated alkanes) is 1. The summed E-state index contributed by atoms with van der Waals surface area (Å²) in [5.74, 6) is 1.75. The molecule has 4 rings (SSSR count).